The van der Waals surface area contributed by atoms with Crippen molar-refractivity contribution in [1.29, 1.82) is 0 Å². The van der Waals surface area contributed by atoms with Crippen molar-refractivity contribution in [2.45, 2.75) is 26.3 Å². The van der Waals surface area contributed by atoms with Gasteiger partial charge in [-0.2, -0.15) is 5.10 Å². The highest BCUT2D eigenvalue weighted by atomic mass is 16.5. The standard InChI is InChI=1S/C20H25N5O2/c1-14-21-17-7-3-4-8-19(17)25(14)12-16-10-18(23-22-16)20(26)24-9-5-6-15(11-24)13-27-2/h3-4,7-8,10,15H,5-6,9,11-13H2,1-2H3,(H,22,23)/t15-/m1/s1. The van der Waals surface area contributed by atoms with Crippen LogP contribution in [0.3, 0.4) is 0 Å². The summed E-state index contributed by atoms with van der Waals surface area (Å²) in [6, 6.07) is 9.92. The zero-order valence-electron chi connectivity index (χ0n) is 15.8. The fourth-order valence-electron chi connectivity index (χ4n) is 3.90. The number of benzene rings is 1. The molecule has 1 amide bonds. The van der Waals surface area contributed by atoms with Crippen LogP contribution in [-0.4, -0.2) is 57.4 Å². The van der Waals surface area contributed by atoms with E-state index in [-0.39, 0.29) is 5.91 Å². The first-order valence-electron chi connectivity index (χ1n) is 9.40. The van der Waals surface area contributed by atoms with Gasteiger partial charge in [-0.1, -0.05) is 12.1 Å². The molecule has 4 rings (SSSR count). The molecule has 1 N–H and O–H groups in total. The number of carbonyl (C=O) groups is 1. The Morgan fingerprint density at radius 3 is 3.07 bits per heavy atom. The maximum atomic E-state index is 12.8. The van der Waals surface area contributed by atoms with Crippen molar-refractivity contribution in [2.24, 2.45) is 5.92 Å². The summed E-state index contributed by atoms with van der Waals surface area (Å²) in [6.45, 7) is 4.82. The number of hydrogen-bond donors (Lipinski definition) is 1. The number of hydrogen-bond acceptors (Lipinski definition) is 4. The molecule has 2 aromatic heterocycles. The second-order valence-electron chi connectivity index (χ2n) is 7.23. The summed E-state index contributed by atoms with van der Waals surface area (Å²) >= 11 is 0. The molecule has 0 spiro atoms. The lowest BCUT2D eigenvalue weighted by Crippen LogP contribution is -2.41. The van der Waals surface area contributed by atoms with Gasteiger partial charge in [-0.15, -0.1) is 0 Å². The maximum absolute atomic E-state index is 12.8. The van der Waals surface area contributed by atoms with Gasteiger partial charge in [0.15, 0.2) is 0 Å². The molecule has 3 aromatic rings. The largest absolute Gasteiger partial charge is 0.384 e. The summed E-state index contributed by atoms with van der Waals surface area (Å²) in [5, 5.41) is 7.29. The van der Waals surface area contributed by atoms with E-state index < -0.39 is 0 Å². The number of nitrogens with one attached hydrogen (secondary N) is 1. The van der Waals surface area contributed by atoms with Gasteiger partial charge in [0, 0.05) is 20.2 Å². The number of carbonyl (C=O) groups excluding carboxylic acids is 1. The van der Waals surface area contributed by atoms with Crippen LogP contribution in [-0.2, 0) is 11.3 Å². The first-order valence-corrected chi connectivity index (χ1v) is 9.40. The molecular formula is C20H25N5O2. The Bertz CT molecular complexity index is 943. The van der Waals surface area contributed by atoms with Crippen LogP contribution in [0.15, 0.2) is 30.3 Å². The van der Waals surface area contributed by atoms with E-state index in [1.165, 1.54) is 0 Å². The lowest BCUT2D eigenvalue weighted by Gasteiger charge is -2.31. The van der Waals surface area contributed by atoms with Gasteiger partial charge in [0.2, 0.25) is 0 Å². The van der Waals surface area contributed by atoms with Crippen LogP contribution < -0.4 is 0 Å². The Hall–Kier alpha value is -2.67. The van der Waals surface area contributed by atoms with Crippen LogP contribution in [0.1, 0.15) is 34.8 Å². The Morgan fingerprint density at radius 1 is 1.37 bits per heavy atom. The van der Waals surface area contributed by atoms with Crippen molar-refractivity contribution in [3.8, 4) is 0 Å². The zero-order chi connectivity index (χ0) is 18.8. The molecule has 7 heteroatoms. The molecule has 1 atom stereocenters. The second kappa shape index (κ2) is 7.52. The molecule has 0 radical (unpaired) electrons. The normalized spacial score (nSPS) is 17.6. The number of aromatic amines is 1. The molecule has 0 saturated carbocycles. The summed E-state index contributed by atoms with van der Waals surface area (Å²) in [4.78, 5) is 19.3. The third-order valence-electron chi connectivity index (χ3n) is 5.23. The topological polar surface area (TPSA) is 76.0 Å². The van der Waals surface area contributed by atoms with E-state index in [9.17, 15) is 4.79 Å². The predicted octanol–water partition coefficient (Wildman–Crippen LogP) is 2.61. The smallest absolute Gasteiger partial charge is 0.274 e. The summed E-state index contributed by atoms with van der Waals surface area (Å²) in [5.74, 6) is 1.34. The number of methoxy groups -OCH3 is 1. The van der Waals surface area contributed by atoms with E-state index in [4.69, 9.17) is 4.74 Å². The molecular weight excluding hydrogens is 342 g/mol. The summed E-state index contributed by atoms with van der Waals surface area (Å²) in [7, 11) is 1.71. The fourth-order valence-corrected chi connectivity index (χ4v) is 3.90. The minimum Gasteiger partial charge on any atom is -0.384 e. The lowest BCUT2D eigenvalue weighted by molar-refractivity contribution is 0.0565. The van der Waals surface area contributed by atoms with Gasteiger partial charge < -0.3 is 14.2 Å². The number of amides is 1. The van der Waals surface area contributed by atoms with Gasteiger partial charge in [-0.3, -0.25) is 9.89 Å². The molecule has 7 nitrogen and oxygen atoms in total. The van der Waals surface area contributed by atoms with Gasteiger partial charge in [-0.05, 0) is 43.9 Å². The van der Waals surface area contributed by atoms with Crippen molar-refractivity contribution in [2.75, 3.05) is 26.8 Å². The third-order valence-corrected chi connectivity index (χ3v) is 5.23. The zero-order valence-corrected chi connectivity index (χ0v) is 15.8. The maximum Gasteiger partial charge on any atom is 0.274 e. The molecule has 1 aromatic carbocycles. The van der Waals surface area contributed by atoms with Gasteiger partial charge in [-0.25, -0.2) is 4.98 Å². The molecule has 27 heavy (non-hydrogen) atoms. The number of imidazole rings is 1. The number of H-pyrrole nitrogens is 1. The first kappa shape index (κ1) is 17.7. The number of aromatic nitrogens is 4. The first-order chi connectivity index (χ1) is 13.2. The molecule has 1 aliphatic heterocycles. The van der Waals surface area contributed by atoms with E-state index in [0.717, 1.165) is 48.5 Å². The molecule has 0 bridgehead atoms. The molecule has 1 aliphatic rings. The van der Waals surface area contributed by atoms with Crippen molar-refractivity contribution < 1.29 is 9.53 Å². The van der Waals surface area contributed by atoms with Crippen LogP contribution in [0.5, 0.6) is 0 Å². The van der Waals surface area contributed by atoms with Crippen LogP contribution >= 0.6 is 0 Å². The van der Waals surface area contributed by atoms with Gasteiger partial charge >= 0.3 is 0 Å². The molecule has 0 aliphatic carbocycles. The number of fused-ring (bicyclic) bond motifs is 1. The third kappa shape index (κ3) is 3.60. The Morgan fingerprint density at radius 2 is 2.22 bits per heavy atom. The van der Waals surface area contributed by atoms with E-state index in [1.807, 2.05) is 36.1 Å². The monoisotopic (exact) mass is 367 g/mol. The predicted molar refractivity (Wildman–Crippen MR) is 103 cm³/mol. The minimum absolute atomic E-state index is 0.00878. The summed E-state index contributed by atoms with van der Waals surface area (Å²) in [6.07, 6.45) is 2.12. The number of likely N-dealkylation sites (tertiary alicyclic amines) is 1. The quantitative estimate of drug-likeness (QED) is 0.752. The van der Waals surface area contributed by atoms with Crippen molar-refractivity contribution in [3.05, 3.63) is 47.5 Å². The highest BCUT2D eigenvalue weighted by Gasteiger charge is 2.26. The van der Waals surface area contributed by atoms with Crippen LogP contribution in [0.4, 0.5) is 0 Å². The highest BCUT2D eigenvalue weighted by molar-refractivity contribution is 5.92. The number of ether oxygens (including phenoxy) is 1. The van der Waals surface area contributed by atoms with E-state index in [1.54, 1.807) is 7.11 Å². The number of rotatable bonds is 5. The Kier molecular flexibility index (Phi) is 4.94. The minimum atomic E-state index is -0.00878. The Balaban J connectivity index is 1.50. The number of aryl methyl sites for hydroxylation is 1. The average molecular weight is 367 g/mol. The lowest BCUT2D eigenvalue weighted by atomic mass is 9.99. The molecule has 1 fully saturated rings. The van der Waals surface area contributed by atoms with Crippen LogP contribution in [0.25, 0.3) is 11.0 Å². The molecule has 142 valence electrons. The van der Waals surface area contributed by atoms with E-state index in [0.29, 0.717) is 24.8 Å². The highest BCUT2D eigenvalue weighted by Crippen LogP contribution is 2.20. The van der Waals surface area contributed by atoms with Crippen molar-refractivity contribution in [1.82, 2.24) is 24.6 Å². The molecule has 3 heterocycles. The summed E-state index contributed by atoms with van der Waals surface area (Å²) in [5.41, 5.74) is 3.43. The fraction of sp³-hybridized carbons (Fsp3) is 0.450. The van der Waals surface area contributed by atoms with Crippen LogP contribution in [0, 0.1) is 12.8 Å². The van der Waals surface area contributed by atoms with Gasteiger partial charge in [0.05, 0.1) is 29.9 Å². The van der Waals surface area contributed by atoms with Crippen molar-refractivity contribution >= 4 is 16.9 Å². The van der Waals surface area contributed by atoms with Crippen molar-refractivity contribution in [3.63, 3.8) is 0 Å². The van der Waals surface area contributed by atoms with Gasteiger partial charge in [0.25, 0.3) is 5.91 Å². The van der Waals surface area contributed by atoms with Crippen LogP contribution in [0.2, 0.25) is 0 Å². The SMILES string of the molecule is COC[C@@H]1CCCN(C(=O)c2cc(Cn3c(C)nc4ccccc43)[nH]n2)C1. The second-order valence-corrected chi connectivity index (χ2v) is 7.23. The van der Waals surface area contributed by atoms with E-state index >= 15 is 0 Å². The number of piperidine rings is 1. The van der Waals surface area contributed by atoms with Gasteiger partial charge in [0.1, 0.15) is 11.5 Å². The Labute approximate surface area is 158 Å². The average Bonchev–Trinajstić information content (AvgIpc) is 3.27. The molecule has 0 unspecified atom stereocenters. The number of nitrogens with zero attached hydrogens (tertiary/aromatic N) is 4. The number of para-hydroxylation sites is 2. The summed E-state index contributed by atoms with van der Waals surface area (Å²) < 4.78 is 7.39. The van der Waals surface area contributed by atoms with E-state index in [2.05, 4.69) is 25.8 Å². The molecule has 1 saturated heterocycles.